The van der Waals surface area contributed by atoms with Gasteiger partial charge in [-0.2, -0.15) is 5.26 Å². The lowest BCUT2D eigenvalue weighted by atomic mass is 10.1. The van der Waals surface area contributed by atoms with E-state index in [1.807, 2.05) is 0 Å². The molecule has 0 amide bonds. The summed E-state index contributed by atoms with van der Waals surface area (Å²) in [5, 5.41) is 26.3. The molecule has 0 saturated carbocycles. The molecule has 0 saturated heterocycles. The number of aromatic carboxylic acids is 1. The van der Waals surface area contributed by atoms with E-state index in [9.17, 15) is 4.79 Å². The first kappa shape index (κ1) is 9.55. The topological polar surface area (TPSA) is 81.3 Å². The predicted octanol–water partition coefficient (Wildman–Crippen LogP) is 1.72. The second-order valence-electron chi connectivity index (χ2n) is 2.27. The van der Waals surface area contributed by atoms with Crippen LogP contribution in [-0.4, -0.2) is 16.2 Å². The molecular weight excluding hydrogens is 238 g/mol. The minimum absolute atomic E-state index is 0.0700. The molecule has 13 heavy (non-hydrogen) atoms. The fraction of sp³-hybridized carbons (Fsp3) is 0. The number of phenols is 1. The number of nitriles is 1. The van der Waals surface area contributed by atoms with Crippen molar-refractivity contribution in [1.82, 2.24) is 0 Å². The second-order valence-corrected chi connectivity index (χ2v) is 3.12. The van der Waals surface area contributed by atoms with Gasteiger partial charge in [0.1, 0.15) is 11.8 Å². The van der Waals surface area contributed by atoms with Gasteiger partial charge in [0.2, 0.25) is 0 Å². The van der Waals surface area contributed by atoms with Gasteiger partial charge in [-0.15, -0.1) is 0 Å². The van der Waals surface area contributed by atoms with Gasteiger partial charge in [0.25, 0.3) is 0 Å². The average Bonchev–Trinajstić information content (AvgIpc) is 2.01. The maximum absolute atomic E-state index is 10.7. The van der Waals surface area contributed by atoms with Gasteiger partial charge < -0.3 is 10.2 Å². The number of phenolic OH excluding ortho intramolecular Hbond substituents is 1. The number of aromatic hydroxyl groups is 1. The second kappa shape index (κ2) is 3.46. The van der Waals surface area contributed by atoms with E-state index in [0.29, 0.717) is 0 Å². The van der Waals surface area contributed by atoms with Crippen LogP contribution in [0, 0.1) is 11.3 Å². The molecule has 0 bridgehead atoms. The van der Waals surface area contributed by atoms with Gasteiger partial charge in [-0.3, -0.25) is 0 Å². The molecule has 0 radical (unpaired) electrons. The molecule has 66 valence electrons. The predicted molar refractivity (Wildman–Crippen MR) is 47.5 cm³/mol. The molecule has 0 fully saturated rings. The Balaban J connectivity index is 3.50. The molecule has 4 nitrogen and oxygen atoms in total. The monoisotopic (exact) mass is 241 g/mol. The van der Waals surface area contributed by atoms with E-state index >= 15 is 0 Å². The van der Waals surface area contributed by atoms with Crippen molar-refractivity contribution in [2.45, 2.75) is 0 Å². The van der Waals surface area contributed by atoms with Gasteiger partial charge in [-0.25, -0.2) is 4.79 Å². The van der Waals surface area contributed by atoms with Crippen LogP contribution in [0.4, 0.5) is 0 Å². The molecule has 0 aromatic heterocycles. The molecule has 5 heteroatoms. The van der Waals surface area contributed by atoms with E-state index in [1.165, 1.54) is 6.07 Å². The van der Waals surface area contributed by atoms with E-state index in [-0.39, 0.29) is 21.3 Å². The quantitative estimate of drug-likeness (QED) is 0.785. The van der Waals surface area contributed by atoms with Crippen LogP contribution in [0.5, 0.6) is 5.75 Å². The summed E-state index contributed by atoms with van der Waals surface area (Å²) in [6, 6.07) is 4.02. The Hall–Kier alpha value is -1.54. The molecule has 0 spiro atoms. The van der Waals surface area contributed by atoms with Crippen molar-refractivity contribution in [1.29, 1.82) is 5.26 Å². The lowest BCUT2D eigenvalue weighted by Crippen LogP contribution is -2.01. The van der Waals surface area contributed by atoms with Gasteiger partial charge in [0.05, 0.1) is 11.1 Å². The number of hydrogen-bond acceptors (Lipinski definition) is 3. The normalized spacial score (nSPS) is 9.23. The highest BCUT2D eigenvalue weighted by atomic mass is 79.9. The van der Waals surface area contributed by atoms with Crippen molar-refractivity contribution in [3.05, 3.63) is 27.7 Å². The molecule has 0 aliphatic heterocycles. The smallest absolute Gasteiger partial charge is 0.338 e. The summed E-state index contributed by atoms with van der Waals surface area (Å²) in [5.74, 6) is -1.35. The summed E-state index contributed by atoms with van der Waals surface area (Å²) < 4.78 is 0.191. The summed E-state index contributed by atoms with van der Waals surface area (Å²) in [6.45, 7) is 0. The van der Waals surface area contributed by atoms with Gasteiger partial charge >= 0.3 is 5.97 Å². The zero-order valence-corrected chi connectivity index (χ0v) is 7.87. The lowest BCUT2D eigenvalue weighted by Gasteiger charge is -2.01. The Kier molecular flexibility index (Phi) is 2.54. The summed E-state index contributed by atoms with van der Waals surface area (Å²) in [6.07, 6.45) is 0. The van der Waals surface area contributed by atoms with Crippen LogP contribution in [0.2, 0.25) is 0 Å². The van der Waals surface area contributed by atoms with Crippen LogP contribution in [0.15, 0.2) is 16.6 Å². The third-order valence-corrected chi connectivity index (χ3v) is 2.03. The third-order valence-electron chi connectivity index (χ3n) is 1.41. The van der Waals surface area contributed by atoms with Crippen LogP contribution in [0.3, 0.4) is 0 Å². The highest BCUT2D eigenvalue weighted by Gasteiger charge is 2.15. The first-order valence-corrected chi connectivity index (χ1v) is 4.01. The SMILES string of the molecule is N#Cc1cc(O)cc(Br)c1C(=O)O. The minimum atomic E-state index is -1.21. The Labute approximate surface area is 82.2 Å². The van der Waals surface area contributed by atoms with Crippen molar-refractivity contribution < 1.29 is 15.0 Å². The van der Waals surface area contributed by atoms with Crippen LogP contribution in [0.25, 0.3) is 0 Å². The van der Waals surface area contributed by atoms with Crippen molar-refractivity contribution in [3.8, 4) is 11.8 Å². The number of carbonyl (C=O) groups is 1. The van der Waals surface area contributed by atoms with Crippen molar-refractivity contribution in [3.63, 3.8) is 0 Å². The number of carboxylic acids is 1. The molecule has 1 rings (SSSR count). The molecule has 0 heterocycles. The van der Waals surface area contributed by atoms with E-state index < -0.39 is 5.97 Å². The largest absolute Gasteiger partial charge is 0.508 e. The molecule has 0 unspecified atom stereocenters. The van der Waals surface area contributed by atoms with Crippen molar-refractivity contribution in [2.24, 2.45) is 0 Å². The van der Waals surface area contributed by atoms with Gasteiger partial charge in [0.15, 0.2) is 0 Å². The molecule has 0 aliphatic rings. The Morgan fingerprint density at radius 3 is 2.62 bits per heavy atom. The fourth-order valence-corrected chi connectivity index (χ4v) is 1.52. The molecular formula is C8H4BrNO3. The van der Waals surface area contributed by atoms with Crippen LogP contribution in [-0.2, 0) is 0 Å². The number of benzene rings is 1. The first-order valence-electron chi connectivity index (χ1n) is 3.22. The van der Waals surface area contributed by atoms with E-state index in [2.05, 4.69) is 15.9 Å². The average molecular weight is 242 g/mol. The number of hydrogen-bond donors (Lipinski definition) is 2. The number of carboxylic acid groups (broad SMARTS) is 1. The number of nitrogens with zero attached hydrogens (tertiary/aromatic N) is 1. The van der Waals surface area contributed by atoms with E-state index in [4.69, 9.17) is 15.5 Å². The molecule has 0 atom stereocenters. The molecule has 2 N–H and O–H groups in total. The van der Waals surface area contributed by atoms with E-state index in [1.54, 1.807) is 6.07 Å². The van der Waals surface area contributed by atoms with Gasteiger partial charge in [-0.05, 0) is 28.1 Å². The zero-order chi connectivity index (χ0) is 10.0. The maximum Gasteiger partial charge on any atom is 0.338 e. The van der Waals surface area contributed by atoms with Crippen LogP contribution in [0.1, 0.15) is 15.9 Å². The summed E-state index contributed by atoms with van der Waals surface area (Å²) in [5.41, 5.74) is -0.209. The Morgan fingerprint density at radius 1 is 1.54 bits per heavy atom. The summed E-state index contributed by atoms with van der Waals surface area (Å²) in [4.78, 5) is 10.7. The Morgan fingerprint density at radius 2 is 2.15 bits per heavy atom. The van der Waals surface area contributed by atoms with Gasteiger partial charge in [0, 0.05) is 4.47 Å². The number of rotatable bonds is 1. The van der Waals surface area contributed by atoms with Crippen molar-refractivity contribution >= 4 is 21.9 Å². The highest BCUT2D eigenvalue weighted by molar-refractivity contribution is 9.10. The van der Waals surface area contributed by atoms with Gasteiger partial charge in [-0.1, -0.05) is 0 Å². The lowest BCUT2D eigenvalue weighted by molar-refractivity contribution is 0.0695. The maximum atomic E-state index is 10.7. The minimum Gasteiger partial charge on any atom is -0.508 e. The summed E-state index contributed by atoms with van der Waals surface area (Å²) in [7, 11) is 0. The first-order chi connectivity index (χ1) is 6.06. The van der Waals surface area contributed by atoms with Crippen LogP contribution >= 0.6 is 15.9 Å². The number of halogens is 1. The summed E-state index contributed by atoms with van der Waals surface area (Å²) >= 11 is 2.95. The van der Waals surface area contributed by atoms with E-state index in [0.717, 1.165) is 6.07 Å². The highest BCUT2D eigenvalue weighted by Crippen LogP contribution is 2.25. The molecule has 0 aliphatic carbocycles. The molecule has 1 aromatic rings. The Bertz CT molecular complexity index is 409. The van der Waals surface area contributed by atoms with Crippen LogP contribution < -0.4 is 0 Å². The van der Waals surface area contributed by atoms with Crippen molar-refractivity contribution in [2.75, 3.05) is 0 Å². The fourth-order valence-electron chi connectivity index (χ4n) is 0.898. The standard InChI is InChI=1S/C8H4BrNO3/c9-6-2-5(11)1-4(3-10)7(6)8(12)13/h1-2,11H,(H,12,13). The third kappa shape index (κ3) is 1.79. The zero-order valence-electron chi connectivity index (χ0n) is 6.28. The molecule has 1 aromatic carbocycles.